The molecule has 25 heavy (non-hydrogen) atoms. The summed E-state index contributed by atoms with van der Waals surface area (Å²) in [6.07, 6.45) is 0.744. The second kappa shape index (κ2) is 8.92. The minimum Gasteiger partial charge on any atom is -0.492 e. The van der Waals surface area contributed by atoms with Gasteiger partial charge in [-0.2, -0.15) is 0 Å². The molecule has 1 fully saturated rings. The highest BCUT2D eigenvalue weighted by Gasteiger charge is 2.16. The molecule has 0 unspecified atom stereocenters. The maximum Gasteiger partial charge on any atom is 0.159 e. The predicted octanol–water partition coefficient (Wildman–Crippen LogP) is 3.20. The quantitative estimate of drug-likeness (QED) is 0.766. The lowest BCUT2D eigenvalue weighted by Gasteiger charge is -2.34. The standard InChI is InChI=1S/C20H24F2N2O/c21-19-7-6-17(16-20(19)22)8-9-23-10-12-24(13-11-23)14-15-25-18-4-2-1-3-5-18/h1-7,16H,8-15H2. The van der Waals surface area contributed by atoms with Crippen LogP contribution in [0.2, 0.25) is 0 Å². The molecule has 0 N–H and O–H groups in total. The third-order valence-corrected chi connectivity index (χ3v) is 4.59. The summed E-state index contributed by atoms with van der Waals surface area (Å²) in [6, 6.07) is 14.0. The number of rotatable bonds is 7. The second-order valence-corrected chi connectivity index (χ2v) is 6.34. The number of para-hydroxylation sites is 1. The molecule has 0 aromatic heterocycles. The largest absolute Gasteiger partial charge is 0.492 e. The Kier molecular flexibility index (Phi) is 6.36. The van der Waals surface area contributed by atoms with Gasteiger partial charge in [0, 0.05) is 39.3 Å². The maximum absolute atomic E-state index is 13.2. The number of benzene rings is 2. The molecule has 2 aromatic rings. The first-order valence-corrected chi connectivity index (χ1v) is 8.77. The summed E-state index contributed by atoms with van der Waals surface area (Å²) in [5.74, 6) is -0.636. The highest BCUT2D eigenvalue weighted by atomic mass is 19.2. The van der Waals surface area contributed by atoms with Crippen molar-refractivity contribution in [2.45, 2.75) is 6.42 Å². The fourth-order valence-corrected chi connectivity index (χ4v) is 3.03. The third kappa shape index (κ3) is 5.51. The first-order valence-electron chi connectivity index (χ1n) is 8.77. The highest BCUT2D eigenvalue weighted by Crippen LogP contribution is 2.11. The minimum absolute atomic E-state index is 0.693. The summed E-state index contributed by atoms with van der Waals surface area (Å²) in [7, 11) is 0. The number of ether oxygens (including phenoxy) is 1. The molecule has 1 aliphatic rings. The second-order valence-electron chi connectivity index (χ2n) is 6.34. The van der Waals surface area contributed by atoms with Crippen LogP contribution in [0.1, 0.15) is 5.56 Å². The van der Waals surface area contributed by atoms with Crippen LogP contribution in [0.4, 0.5) is 8.78 Å². The van der Waals surface area contributed by atoms with Crippen molar-refractivity contribution in [1.29, 1.82) is 0 Å². The maximum atomic E-state index is 13.2. The van der Waals surface area contributed by atoms with Gasteiger partial charge in [0.2, 0.25) is 0 Å². The lowest BCUT2D eigenvalue weighted by atomic mass is 10.1. The lowest BCUT2D eigenvalue weighted by molar-refractivity contribution is 0.118. The fraction of sp³-hybridized carbons (Fsp3) is 0.400. The lowest BCUT2D eigenvalue weighted by Crippen LogP contribution is -2.47. The van der Waals surface area contributed by atoms with Crippen LogP contribution in [0.15, 0.2) is 48.5 Å². The van der Waals surface area contributed by atoms with Gasteiger partial charge in [-0.15, -0.1) is 0 Å². The van der Waals surface area contributed by atoms with Crippen molar-refractivity contribution in [2.75, 3.05) is 45.9 Å². The molecule has 0 bridgehead atoms. The zero-order valence-electron chi connectivity index (χ0n) is 14.3. The van der Waals surface area contributed by atoms with Gasteiger partial charge in [0.15, 0.2) is 11.6 Å². The SMILES string of the molecule is Fc1ccc(CCN2CCN(CCOc3ccccc3)CC2)cc1F. The predicted molar refractivity (Wildman–Crippen MR) is 94.9 cm³/mol. The molecule has 1 saturated heterocycles. The number of halogens is 2. The van der Waals surface area contributed by atoms with E-state index in [1.165, 1.54) is 12.1 Å². The van der Waals surface area contributed by atoms with Crippen LogP contribution in [0, 0.1) is 11.6 Å². The number of piperazine rings is 1. The van der Waals surface area contributed by atoms with Gasteiger partial charge in [-0.25, -0.2) is 8.78 Å². The highest BCUT2D eigenvalue weighted by molar-refractivity contribution is 5.21. The van der Waals surface area contributed by atoms with Gasteiger partial charge >= 0.3 is 0 Å². The summed E-state index contributed by atoms with van der Waals surface area (Å²) in [5, 5.41) is 0. The molecule has 3 rings (SSSR count). The topological polar surface area (TPSA) is 15.7 Å². The number of hydrogen-bond acceptors (Lipinski definition) is 3. The Labute approximate surface area is 147 Å². The molecule has 0 atom stereocenters. The van der Waals surface area contributed by atoms with E-state index in [0.29, 0.717) is 6.61 Å². The van der Waals surface area contributed by atoms with Crippen LogP contribution >= 0.6 is 0 Å². The van der Waals surface area contributed by atoms with E-state index in [1.807, 2.05) is 30.3 Å². The van der Waals surface area contributed by atoms with Crippen molar-refractivity contribution in [1.82, 2.24) is 9.80 Å². The van der Waals surface area contributed by atoms with Gasteiger partial charge in [-0.05, 0) is 36.2 Å². The van der Waals surface area contributed by atoms with Crippen LogP contribution in [0.3, 0.4) is 0 Å². The number of hydrogen-bond donors (Lipinski definition) is 0. The molecule has 0 radical (unpaired) electrons. The van der Waals surface area contributed by atoms with E-state index in [4.69, 9.17) is 4.74 Å². The monoisotopic (exact) mass is 346 g/mol. The van der Waals surface area contributed by atoms with E-state index in [-0.39, 0.29) is 0 Å². The Bertz CT molecular complexity index is 658. The van der Waals surface area contributed by atoms with Gasteiger partial charge in [0.1, 0.15) is 12.4 Å². The average molecular weight is 346 g/mol. The van der Waals surface area contributed by atoms with E-state index in [2.05, 4.69) is 9.80 Å². The molecule has 2 aromatic carbocycles. The van der Waals surface area contributed by atoms with Crippen LogP contribution < -0.4 is 4.74 Å². The Morgan fingerprint density at radius 1 is 0.800 bits per heavy atom. The summed E-state index contributed by atoms with van der Waals surface area (Å²) in [4.78, 5) is 4.77. The molecular weight excluding hydrogens is 322 g/mol. The summed E-state index contributed by atoms with van der Waals surface area (Å²) < 4.78 is 31.9. The Morgan fingerprint density at radius 2 is 1.48 bits per heavy atom. The smallest absolute Gasteiger partial charge is 0.159 e. The summed E-state index contributed by atoms with van der Waals surface area (Å²) >= 11 is 0. The fourth-order valence-electron chi connectivity index (χ4n) is 3.03. The van der Waals surface area contributed by atoms with Gasteiger partial charge in [0.05, 0.1) is 0 Å². The zero-order valence-corrected chi connectivity index (χ0v) is 14.3. The summed E-state index contributed by atoms with van der Waals surface area (Å²) in [5.41, 5.74) is 0.845. The van der Waals surface area contributed by atoms with Crippen LogP contribution in [0.25, 0.3) is 0 Å². The van der Waals surface area contributed by atoms with Crippen LogP contribution in [-0.2, 0) is 6.42 Å². The van der Waals surface area contributed by atoms with Crippen molar-refractivity contribution in [3.8, 4) is 5.75 Å². The first kappa shape index (κ1) is 17.8. The minimum atomic E-state index is -0.782. The Balaban J connectivity index is 1.33. The Hall–Kier alpha value is -1.98. The molecule has 0 spiro atoms. The molecule has 3 nitrogen and oxygen atoms in total. The molecule has 0 amide bonds. The van der Waals surface area contributed by atoms with Gasteiger partial charge in [-0.1, -0.05) is 24.3 Å². The van der Waals surface area contributed by atoms with Gasteiger partial charge in [0.25, 0.3) is 0 Å². The van der Waals surface area contributed by atoms with Gasteiger partial charge < -0.3 is 9.64 Å². The summed E-state index contributed by atoms with van der Waals surface area (Å²) in [6.45, 7) is 6.50. The van der Waals surface area contributed by atoms with E-state index in [9.17, 15) is 8.78 Å². The van der Waals surface area contributed by atoms with Crippen molar-refractivity contribution >= 4 is 0 Å². The van der Waals surface area contributed by atoms with E-state index in [1.54, 1.807) is 6.07 Å². The third-order valence-electron chi connectivity index (χ3n) is 4.59. The van der Waals surface area contributed by atoms with Crippen molar-refractivity contribution in [3.63, 3.8) is 0 Å². The van der Waals surface area contributed by atoms with Crippen LogP contribution in [0.5, 0.6) is 5.75 Å². The Morgan fingerprint density at radius 3 is 2.16 bits per heavy atom. The molecular formula is C20H24F2N2O. The first-order chi connectivity index (χ1) is 12.2. The van der Waals surface area contributed by atoms with E-state index in [0.717, 1.165) is 57.0 Å². The average Bonchev–Trinajstić information content (AvgIpc) is 2.65. The molecule has 1 heterocycles. The number of nitrogens with zero attached hydrogens (tertiary/aromatic N) is 2. The molecule has 5 heteroatoms. The molecule has 0 saturated carbocycles. The van der Waals surface area contributed by atoms with E-state index < -0.39 is 11.6 Å². The molecule has 0 aliphatic carbocycles. The van der Waals surface area contributed by atoms with Crippen molar-refractivity contribution in [3.05, 3.63) is 65.7 Å². The van der Waals surface area contributed by atoms with Crippen LogP contribution in [-0.4, -0.2) is 55.7 Å². The van der Waals surface area contributed by atoms with Crippen molar-refractivity contribution < 1.29 is 13.5 Å². The van der Waals surface area contributed by atoms with Gasteiger partial charge in [-0.3, -0.25) is 4.90 Å². The zero-order chi connectivity index (χ0) is 17.5. The van der Waals surface area contributed by atoms with E-state index >= 15 is 0 Å². The van der Waals surface area contributed by atoms with Crippen molar-refractivity contribution in [2.24, 2.45) is 0 Å². The normalized spacial score (nSPS) is 16.1. The molecule has 134 valence electrons. The molecule has 1 aliphatic heterocycles.